The fourth-order valence-corrected chi connectivity index (χ4v) is 4.34. The predicted octanol–water partition coefficient (Wildman–Crippen LogP) is 6.14. The number of nitrogens with one attached hydrogen (secondary N) is 2. The third-order valence-corrected chi connectivity index (χ3v) is 6.21. The Morgan fingerprint density at radius 2 is 1.74 bits per heavy atom. The van der Waals surface area contributed by atoms with E-state index in [1.165, 1.54) is 66.3 Å². The van der Waals surface area contributed by atoms with E-state index >= 15 is 0 Å². The lowest BCUT2D eigenvalue weighted by Crippen LogP contribution is -2.43. The van der Waals surface area contributed by atoms with E-state index in [1.54, 1.807) is 14.2 Å². The van der Waals surface area contributed by atoms with Gasteiger partial charge in [0.05, 0.1) is 12.8 Å². The fourth-order valence-electron chi connectivity index (χ4n) is 4.34. The lowest BCUT2D eigenvalue weighted by molar-refractivity contribution is 0.409. The minimum atomic E-state index is 0.927. The summed E-state index contributed by atoms with van der Waals surface area (Å²) in [6.45, 7) is 12.0. The van der Waals surface area contributed by atoms with E-state index < -0.39 is 0 Å². The van der Waals surface area contributed by atoms with E-state index in [0.717, 1.165) is 36.9 Å². The molecule has 0 saturated carbocycles. The lowest BCUT2D eigenvalue weighted by atomic mass is 9.90. The maximum absolute atomic E-state index is 5.25. The van der Waals surface area contributed by atoms with Gasteiger partial charge in [0, 0.05) is 25.7 Å². The van der Waals surface area contributed by atoms with Gasteiger partial charge in [0.25, 0.3) is 0 Å². The molecule has 2 N–H and O–H groups in total. The number of hydrogen-bond acceptors (Lipinski definition) is 3. The Bertz CT molecular complexity index is 986. The number of aryl methyl sites for hydroxylation is 4. The first kappa shape index (κ1) is 28.2. The van der Waals surface area contributed by atoms with Crippen molar-refractivity contribution < 1.29 is 4.74 Å². The Morgan fingerprint density at radius 1 is 1.03 bits per heavy atom. The van der Waals surface area contributed by atoms with Crippen LogP contribution in [0.5, 0.6) is 5.75 Å². The third kappa shape index (κ3) is 9.23. The van der Waals surface area contributed by atoms with Crippen LogP contribution in [0, 0.1) is 6.92 Å². The molecule has 4 rings (SSSR count). The van der Waals surface area contributed by atoms with Crippen LogP contribution in [0.4, 0.5) is 0 Å². The Labute approximate surface area is 212 Å². The summed E-state index contributed by atoms with van der Waals surface area (Å²) in [5, 5.41) is 6.22. The molecule has 1 saturated heterocycles. The van der Waals surface area contributed by atoms with Gasteiger partial charge in [-0.2, -0.15) is 0 Å². The van der Waals surface area contributed by atoms with Crippen molar-refractivity contribution in [3.05, 3.63) is 70.3 Å². The van der Waals surface area contributed by atoms with Crippen molar-refractivity contribution in [3.8, 4) is 5.75 Å². The van der Waals surface area contributed by atoms with Crippen LogP contribution >= 0.6 is 0 Å². The largest absolute Gasteiger partial charge is 0.496 e. The maximum Gasteiger partial charge on any atom is 0.190 e. The van der Waals surface area contributed by atoms with Crippen LogP contribution in [0.25, 0.3) is 5.70 Å². The van der Waals surface area contributed by atoms with Gasteiger partial charge in [-0.25, -0.2) is 0 Å². The molecule has 5 heteroatoms. The van der Waals surface area contributed by atoms with Gasteiger partial charge in [-0.15, -0.1) is 0 Å². The van der Waals surface area contributed by atoms with Crippen LogP contribution in [0.15, 0.2) is 52.5 Å². The highest BCUT2D eigenvalue weighted by Gasteiger charge is 2.10. The van der Waals surface area contributed by atoms with E-state index in [9.17, 15) is 0 Å². The zero-order valence-corrected chi connectivity index (χ0v) is 22.4. The quantitative estimate of drug-likeness (QED) is 0.510. The minimum Gasteiger partial charge on any atom is -0.496 e. The Hall–Kier alpha value is -3.08. The number of nitrogens with zero attached hydrogens (tertiary/aromatic N) is 2. The first-order valence-electron chi connectivity index (χ1n) is 12.9. The van der Waals surface area contributed by atoms with E-state index in [-0.39, 0.29) is 0 Å². The topological polar surface area (TPSA) is 58.0 Å². The zero-order valence-electron chi connectivity index (χ0n) is 22.4. The van der Waals surface area contributed by atoms with Gasteiger partial charge in [0.2, 0.25) is 0 Å². The molecular formula is C30H44N4O. The third-order valence-electron chi connectivity index (χ3n) is 6.21. The van der Waals surface area contributed by atoms with Crippen molar-refractivity contribution in [1.29, 1.82) is 0 Å². The highest BCUT2D eigenvalue weighted by molar-refractivity contribution is 5.80. The van der Waals surface area contributed by atoms with E-state index in [2.05, 4.69) is 71.5 Å². The van der Waals surface area contributed by atoms with Gasteiger partial charge >= 0.3 is 0 Å². The van der Waals surface area contributed by atoms with Crippen molar-refractivity contribution in [2.24, 2.45) is 9.98 Å². The zero-order chi connectivity index (χ0) is 25.5. The SMILES string of the molecule is C=N/C(=C\C)c1ccc2c(c1)CCCC2.CCCc1cc(C)ccc1OC.CN=C1NCCCN1. The normalized spacial score (nSPS) is 14.5. The van der Waals surface area contributed by atoms with Crippen molar-refractivity contribution in [1.82, 2.24) is 10.6 Å². The molecule has 1 heterocycles. The van der Waals surface area contributed by atoms with Crippen LogP contribution in [-0.2, 0) is 19.3 Å². The van der Waals surface area contributed by atoms with Gasteiger partial charge in [-0.1, -0.05) is 49.2 Å². The Kier molecular flexibility index (Phi) is 12.7. The monoisotopic (exact) mass is 476 g/mol. The Balaban J connectivity index is 0.000000194. The lowest BCUT2D eigenvalue weighted by Gasteiger charge is -2.16. The number of allylic oxidation sites excluding steroid dienone is 1. The smallest absolute Gasteiger partial charge is 0.190 e. The van der Waals surface area contributed by atoms with Gasteiger partial charge < -0.3 is 15.4 Å². The fraction of sp³-hybridized carbons (Fsp3) is 0.467. The molecule has 1 aliphatic heterocycles. The van der Waals surface area contributed by atoms with Crippen LogP contribution in [0.2, 0.25) is 0 Å². The highest BCUT2D eigenvalue weighted by atomic mass is 16.5. The number of rotatable bonds is 5. The molecule has 0 unspecified atom stereocenters. The van der Waals surface area contributed by atoms with Crippen molar-refractivity contribution >= 4 is 18.4 Å². The van der Waals surface area contributed by atoms with E-state index in [1.807, 2.05) is 19.1 Å². The summed E-state index contributed by atoms with van der Waals surface area (Å²) >= 11 is 0. The molecule has 0 spiro atoms. The van der Waals surface area contributed by atoms with Gasteiger partial charge in [-0.3, -0.25) is 9.98 Å². The van der Waals surface area contributed by atoms with Crippen LogP contribution in [-0.4, -0.2) is 39.9 Å². The number of guanidine groups is 1. The summed E-state index contributed by atoms with van der Waals surface area (Å²) in [6.07, 6.45) is 10.6. The first-order chi connectivity index (χ1) is 17.1. The number of hydrogen-bond donors (Lipinski definition) is 2. The molecule has 1 aliphatic carbocycles. The summed E-state index contributed by atoms with van der Waals surface area (Å²) < 4.78 is 5.25. The molecule has 2 aliphatic rings. The van der Waals surface area contributed by atoms with Crippen LogP contribution in [0.3, 0.4) is 0 Å². The van der Waals surface area contributed by atoms with Gasteiger partial charge in [0.1, 0.15) is 5.75 Å². The number of methoxy groups -OCH3 is 1. The molecule has 35 heavy (non-hydrogen) atoms. The summed E-state index contributed by atoms with van der Waals surface area (Å²) in [4.78, 5) is 7.98. The molecule has 190 valence electrons. The molecule has 0 radical (unpaired) electrons. The molecule has 2 aromatic carbocycles. The molecular weight excluding hydrogens is 432 g/mol. The molecule has 0 bridgehead atoms. The van der Waals surface area contributed by atoms with Gasteiger partial charge in [0.15, 0.2) is 5.96 Å². The van der Waals surface area contributed by atoms with E-state index in [4.69, 9.17) is 4.74 Å². The van der Waals surface area contributed by atoms with Crippen molar-refractivity contribution in [2.45, 2.75) is 65.7 Å². The summed E-state index contributed by atoms with van der Waals surface area (Å²) in [5.41, 5.74) is 7.84. The minimum absolute atomic E-state index is 0.927. The summed E-state index contributed by atoms with van der Waals surface area (Å²) in [7, 11) is 3.50. The van der Waals surface area contributed by atoms with Crippen LogP contribution in [0.1, 0.15) is 67.3 Å². The first-order valence-corrected chi connectivity index (χ1v) is 12.9. The van der Waals surface area contributed by atoms with Gasteiger partial charge in [-0.05, 0) is 87.9 Å². The predicted molar refractivity (Wildman–Crippen MR) is 152 cm³/mol. The number of aliphatic imine (C=N–C) groups is 2. The number of ether oxygens (including phenoxy) is 1. The van der Waals surface area contributed by atoms with E-state index in [0.29, 0.717) is 0 Å². The Morgan fingerprint density at radius 3 is 2.31 bits per heavy atom. The number of benzene rings is 2. The standard InChI is InChI=1S/C14H17N.C11H16O.C5H11N3/c1-3-14(15-2)13-9-8-11-6-4-5-7-12(11)10-13;1-4-5-10-8-9(2)6-7-11(10)12-3;1-6-5-7-3-2-4-8-5/h3,8-10H,2,4-7H2,1H3;6-8H,4-5H2,1-3H3;2-4H2,1H3,(H2,6,7,8)/b14-3-;;. The van der Waals surface area contributed by atoms with Crippen molar-refractivity contribution in [3.63, 3.8) is 0 Å². The summed E-state index contributed by atoms with van der Waals surface area (Å²) in [5.74, 6) is 1.94. The molecule has 5 nitrogen and oxygen atoms in total. The molecule has 0 aromatic heterocycles. The maximum atomic E-state index is 5.25. The molecule has 0 atom stereocenters. The highest BCUT2D eigenvalue weighted by Crippen LogP contribution is 2.25. The second kappa shape index (κ2) is 15.8. The number of fused-ring (bicyclic) bond motifs is 1. The second-order valence-electron chi connectivity index (χ2n) is 8.87. The molecule has 2 aromatic rings. The van der Waals surface area contributed by atoms with Crippen LogP contribution < -0.4 is 15.4 Å². The summed E-state index contributed by atoms with van der Waals surface area (Å²) in [6, 6.07) is 13.0. The second-order valence-corrected chi connectivity index (χ2v) is 8.87. The van der Waals surface area contributed by atoms with Crippen molar-refractivity contribution in [2.75, 3.05) is 27.2 Å². The average molecular weight is 477 g/mol. The molecule has 1 fully saturated rings. The average Bonchev–Trinajstić information content (AvgIpc) is 2.91. The molecule has 0 amide bonds.